The normalized spacial score (nSPS) is 10.8. The monoisotopic (exact) mass is 460 g/mol. The molecule has 5 nitrogen and oxygen atoms in total. The molecule has 1 rings (SSSR count). The molecule has 1 aromatic rings. The molecular weight excluding hydrogens is 427 g/mol. The predicted molar refractivity (Wildman–Crippen MR) is 116 cm³/mol. The van der Waals surface area contributed by atoms with Crippen LogP contribution in [0.15, 0.2) is 35.3 Å². The molecule has 0 atom stereocenters. The highest BCUT2D eigenvalue weighted by Crippen LogP contribution is 2.04. The van der Waals surface area contributed by atoms with E-state index < -0.39 is 0 Å². The van der Waals surface area contributed by atoms with E-state index in [9.17, 15) is 4.79 Å². The molecule has 0 aliphatic heterocycles. The molecule has 25 heavy (non-hydrogen) atoms. The molecule has 6 heteroatoms. The average molecular weight is 460 g/mol. The molecular formula is C19H33IN4O. The second-order valence-corrected chi connectivity index (χ2v) is 5.72. The van der Waals surface area contributed by atoms with Crippen molar-refractivity contribution in [1.82, 2.24) is 15.5 Å². The first-order valence-electron chi connectivity index (χ1n) is 9.05. The van der Waals surface area contributed by atoms with Crippen molar-refractivity contribution >= 4 is 35.8 Å². The van der Waals surface area contributed by atoms with Crippen LogP contribution in [0.1, 0.15) is 45.6 Å². The fourth-order valence-corrected chi connectivity index (χ4v) is 2.35. The highest BCUT2D eigenvalue weighted by Gasteiger charge is 2.11. The Morgan fingerprint density at radius 3 is 2.40 bits per heavy atom. The van der Waals surface area contributed by atoms with Crippen LogP contribution in [-0.4, -0.2) is 42.9 Å². The Morgan fingerprint density at radius 2 is 1.80 bits per heavy atom. The number of likely N-dealkylation sites (N-methyl/N-ethyl adjacent to an activating group) is 1. The van der Waals surface area contributed by atoms with Gasteiger partial charge in [-0.2, -0.15) is 0 Å². The van der Waals surface area contributed by atoms with Crippen molar-refractivity contribution in [2.24, 2.45) is 4.99 Å². The summed E-state index contributed by atoms with van der Waals surface area (Å²) in [6.07, 6.45) is 3.51. The van der Waals surface area contributed by atoms with Gasteiger partial charge in [0.15, 0.2) is 5.96 Å². The van der Waals surface area contributed by atoms with Crippen molar-refractivity contribution < 1.29 is 4.79 Å². The fourth-order valence-electron chi connectivity index (χ4n) is 2.35. The number of halogens is 1. The molecule has 0 heterocycles. The summed E-state index contributed by atoms with van der Waals surface area (Å²) in [5.74, 6) is 0.768. The first kappa shape index (κ1) is 23.7. The highest BCUT2D eigenvalue weighted by atomic mass is 127. The van der Waals surface area contributed by atoms with Crippen molar-refractivity contribution in [2.75, 3.05) is 26.2 Å². The quantitative estimate of drug-likeness (QED) is 0.244. The van der Waals surface area contributed by atoms with E-state index in [2.05, 4.69) is 22.5 Å². The average Bonchev–Trinajstić information content (AvgIpc) is 2.61. The molecule has 1 amide bonds. The van der Waals surface area contributed by atoms with E-state index in [0.717, 1.165) is 31.0 Å². The van der Waals surface area contributed by atoms with Gasteiger partial charge < -0.3 is 15.5 Å². The van der Waals surface area contributed by atoms with Crippen molar-refractivity contribution in [3.63, 3.8) is 0 Å². The Kier molecular flexibility index (Phi) is 14.2. The molecule has 0 aliphatic rings. The van der Waals surface area contributed by atoms with Gasteiger partial charge in [0.2, 0.25) is 5.91 Å². The van der Waals surface area contributed by atoms with Crippen molar-refractivity contribution in [3.05, 3.63) is 35.9 Å². The standard InChI is InChI=1S/C19H32N4O.HI/c1-4-7-11-14-21-19(20-5-2)22-15-18(24)23(6-3)16-17-12-9-8-10-13-17;/h8-10,12-13H,4-7,11,14-16H2,1-3H3,(H2,20,21,22);1H. The van der Waals surface area contributed by atoms with Crippen LogP contribution in [0.3, 0.4) is 0 Å². The minimum atomic E-state index is 0. The molecule has 0 unspecified atom stereocenters. The third kappa shape index (κ3) is 10.3. The third-order valence-electron chi connectivity index (χ3n) is 3.74. The summed E-state index contributed by atoms with van der Waals surface area (Å²) in [5, 5.41) is 6.48. The van der Waals surface area contributed by atoms with Crippen LogP contribution in [0, 0.1) is 0 Å². The molecule has 0 spiro atoms. The molecule has 1 aromatic carbocycles. The van der Waals surface area contributed by atoms with Gasteiger partial charge in [0.25, 0.3) is 0 Å². The van der Waals surface area contributed by atoms with Gasteiger partial charge in [-0.3, -0.25) is 4.79 Å². The van der Waals surface area contributed by atoms with Gasteiger partial charge in [-0.25, -0.2) is 4.99 Å². The van der Waals surface area contributed by atoms with Gasteiger partial charge in [0, 0.05) is 26.2 Å². The highest BCUT2D eigenvalue weighted by molar-refractivity contribution is 14.0. The van der Waals surface area contributed by atoms with Crippen LogP contribution < -0.4 is 10.6 Å². The van der Waals surface area contributed by atoms with E-state index in [0.29, 0.717) is 13.1 Å². The smallest absolute Gasteiger partial charge is 0.244 e. The van der Waals surface area contributed by atoms with Gasteiger partial charge in [0.05, 0.1) is 0 Å². The fraction of sp³-hybridized carbons (Fsp3) is 0.579. The van der Waals surface area contributed by atoms with E-state index in [4.69, 9.17) is 0 Å². The lowest BCUT2D eigenvalue weighted by atomic mass is 10.2. The lowest BCUT2D eigenvalue weighted by Gasteiger charge is -2.20. The number of hydrogen-bond acceptors (Lipinski definition) is 2. The van der Waals surface area contributed by atoms with Crippen LogP contribution in [0.25, 0.3) is 0 Å². The first-order valence-corrected chi connectivity index (χ1v) is 9.05. The number of guanidine groups is 1. The van der Waals surface area contributed by atoms with E-state index in [-0.39, 0.29) is 36.4 Å². The predicted octanol–water partition coefficient (Wildman–Crippen LogP) is 3.40. The second kappa shape index (κ2) is 15.0. The van der Waals surface area contributed by atoms with Gasteiger partial charge >= 0.3 is 0 Å². The first-order chi connectivity index (χ1) is 11.7. The summed E-state index contributed by atoms with van der Waals surface area (Å²) in [4.78, 5) is 18.7. The van der Waals surface area contributed by atoms with Crippen LogP contribution in [-0.2, 0) is 11.3 Å². The Morgan fingerprint density at radius 1 is 1.08 bits per heavy atom. The van der Waals surface area contributed by atoms with E-state index in [1.165, 1.54) is 12.8 Å². The maximum absolute atomic E-state index is 12.4. The van der Waals surface area contributed by atoms with Gasteiger partial charge in [-0.1, -0.05) is 50.1 Å². The minimum absolute atomic E-state index is 0. The number of aliphatic imine (C=N–C) groups is 1. The molecule has 0 fully saturated rings. The summed E-state index contributed by atoms with van der Waals surface area (Å²) in [6.45, 7) is 9.37. The molecule has 0 bridgehead atoms. The number of hydrogen-bond donors (Lipinski definition) is 2. The number of nitrogens with one attached hydrogen (secondary N) is 2. The lowest BCUT2D eigenvalue weighted by Crippen LogP contribution is -2.39. The second-order valence-electron chi connectivity index (χ2n) is 5.72. The topological polar surface area (TPSA) is 56.7 Å². The number of amides is 1. The number of benzene rings is 1. The number of carbonyl (C=O) groups excluding carboxylic acids is 1. The maximum atomic E-state index is 12.4. The zero-order chi connectivity index (χ0) is 17.6. The molecule has 2 N–H and O–H groups in total. The number of nitrogens with zero attached hydrogens (tertiary/aromatic N) is 2. The molecule has 0 radical (unpaired) electrons. The van der Waals surface area contributed by atoms with Crippen molar-refractivity contribution in [1.29, 1.82) is 0 Å². The van der Waals surface area contributed by atoms with Crippen LogP contribution in [0.4, 0.5) is 0 Å². The van der Waals surface area contributed by atoms with E-state index in [1.54, 1.807) is 0 Å². The molecule has 142 valence electrons. The Labute approximate surface area is 169 Å². The van der Waals surface area contributed by atoms with E-state index in [1.807, 2.05) is 49.1 Å². The Balaban J connectivity index is 0.00000576. The minimum Gasteiger partial charge on any atom is -0.357 e. The molecule has 0 aliphatic carbocycles. The van der Waals surface area contributed by atoms with Gasteiger partial charge in [-0.05, 0) is 25.8 Å². The van der Waals surface area contributed by atoms with Crippen LogP contribution >= 0.6 is 24.0 Å². The summed E-state index contributed by atoms with van der Waals surface area (Å²) in [7, 11) is 0. The lowest BCUT2D eigenvalue weighted by molar-refractivity contribution is -0.130. The summed E-state index contributed by atoms with van der Waals surface area (Å²) < 4.78 is 0. The SMILES string of the molecule is CCCCCNC(=NCC(=O)N(CC)Cc1ccccc1)NCC.I. The molecule has 0 saturated heterocycles. The number of unbranched alkanes of at least 4 members (excludes halogenated alkanes) is 2. The zero-order valence-electron chi connectivity index (χ0n) is 15.8. The zero-order valence-corrected chi connectivity index (χ0v) is 18.1. The summed E-state index contributed by atoms with van der Waals surface area (Å²) >= 11 is 0. The summed E-state index contributed by atoms with van der Waals surface area (Å²) in [6, 6.07) is 10.1. The van der Waals surface area contributed by atoms with E-state index >= 15 is 0 Å². The Bertz CT molecular complexity index is 493. The van der Waals surface area contributed by atoms with Crippen LogP contribution in [0.2, 0.25) is 0 Å². The van der Waals surface area contributed by atoms with Gasteiger partial charge in [-0.15, -0.1) is 24.0 Å². The molecule has 0 saturated carbocycles. The van der Waals surface area contributed by atoms with Crippen molar-refractivity contribution in [2.45, 2.75) is 46.6 Å². The number of carbonyl (C=O) groups is 1. The number of rotatable bonds is 10. The van der Waals surface area contributed by atoms with Crippen LogP contribution in [0.5, 0.6) is 0 Å². The maximum Gasteiger partial charge on any atom is 0.244 e. The molecule has 0 aromatic heterocycles. The van der Waals surface area contributed by atoms with Gasteiger partial charge in [0.1, 0.15) is 6.54 Å². The summed E-state index contributed by atoms with van der Waals surface area (Å²) in [5.41, 5.74) is 1.14. The Hall–Kier alpha value is -1.31. The largest absolute Gasteiger partial charge is 0.357 e. The van der Waals surface area contributed by atoms with Crippen molar-refractivity contribution in [3.8, 4) is 0 Å². The third-order valence-corrected chi connectivity index (χ3v) is 3.74.